The number of aromatic nitrogens is 3. The third-order valence-electron chi connectivity index (χ3n) is 9.32. The number of anilines is 4. The van der Waals surface area contributed by atoms with Crippen LogP contribution in [0.2, 0.25) is 0 Å². The van der Waals surface area contributed by atoms with Crippen molar-refractivity contribution in [3.05, 3.63) is 24.0 Å². The van der Waals surface area contributed by atoms with Crippen LogP contribution in [-0.2, 0) is 28.4 Å². The first-order chi connectivity index (χ1) is 25.5. The lowest BCUT2D eigenvalue weighted by Gasteiger charge is -2.36. The number of nitrogens with zero attached hydrogens (tertiary/aromatic N) is 4. The summed E-state index contributed by atoms with van der Waals surface area (Å²) in [7, 11) is 3.10. The lowest BCUT2D eigenvalue weighted by molar-refractivity contribution is -0.0156. The molecule has 1 aliphatic heterocycles. The van der Waals surface area contributed by atoms with Gasteiger partial charge in [-0.2, -0.15) is 15.0 Å². The lowest BCUT2D eigenvalue weighted by atomic mass is 10.0. The zero-order chi connectivity index (χ0) is 36.6. The van der Waals surface area contributed by atoms with Crippen LogP contribution in [0.25, 0.3) is 0 Å². The minimum absolute atomic E-state index is 0.185. The Morgan fingerprint density at radius 2 is 1.17 bits per heavy atom. The van der Waals surface area contributed by atoms with Crippen molar-refractivity contribution < 1.29 is 37.5 Å². The Hall–Kier alpha value is -2.92. The highest BCUT2D eigenvalue weighted by Gasteiger charge is 2.24. The molecule has 4 rings (SSSR count). The quantitative estimate of drug-likeness (QED) is 0.0852. The number of hydrogen-bond donors (Lipinski definition) is 3. The minimum atomic E-state index is -0.453. The fraction of sp³-hybridized carbons (Fsp3) is 0.757. The Morgan fingerprint density at radius 3 is 1.69 bits per heavy atom. The fourth-order valence-corrected chi connectivity index (χ4v) is 6.27. The standard InChI is InChI=1S/C37H62FN7O7/c1-29(14-17-48-20-21-50-24-25-52-27-26-51-23-22-49-19-18-46-2)45-15-12-31(13-16-45)40-36-42-35(39-30-8-6-4-5-7-9-30)43-37(44-36)41-32-10-11-34(47-3)33(38)28-32/h10-11,28-31H,4-9,12-27H2,1-3H3,(H3,39,40,41,42,43,44). The first-order valence-corrected chi connectivity index (χ1v) is 19.1. The molecule has 15 heteroatoms. The molecule has 2 heterocycles. The molecule has 1 atom stereocenters. The zero-order valence-corrected chi connectivity index (χ0v) is 31.5. The van der Waals surface area contributed by atoms with Gasteiger partial charge in [0, 0.05) is 56.7 Å². The Balaban J connectivity index is 1.11. The van der Waals surface area contributed by atoms with Gasteiger partial charge in [-0.1, -0.05) is 25.7 Å². The van der Waals surface area contributed by atoms with E-state index in [0.29, 0.717) is 108 Å². The van der Waals surface area contributed by atoms with Crippen LogP contribution in [0.1, 0.15) is 64.7 Å². The van der Waals surface area contributed by atoms with Crippen LogP contribution in [0.4, 0.5) is 27.9 Å². The molecule has 0 radical (unpaired) electrons. The van der Waals surface area contributed by atoms with Crippen LogP contribution in [0, 0.1) is 5.82 Å². The number of halogens is 1. The summed E-state index contributed by atoms with van der Waals surface area (Å²) >= 11 is 0. The van der Waals surface area contributed by atoms with E-state index in [-0.39, 0.29) is 11.8 Å². The Morgan fingerprint density at radius 1 is 0.673 bits per heavy atom. The third kappa shape index (κ3) is 16.4. The normalized spacial score (nSPS) is 16.8. The van der Waals surface area contributed by atoms with E-state index >= 15 is 0 Å². The van der Waals surface area contributed by atoms with Crippen molar-refractivity contribution in [1.82, 2.24) is 19.9 Å². The van der Waals surface area contributed by atoms with Crippen molar-refractivity contribution in [2.45, 2.75) is 82.8 Å². The van der Waals surface area contributed by atoms with E-state index in [1.807, 2.05) is 0 Å². The average molecular weight is 736 g/mol. The molecule has 0 spiro atoms. The van der Waals surface area contributed by atoms with Crippen LogP contribution in [0.5, 0.6) is 5.75 Å². The largest absolute Gasteiger partial charge is 0.494 e. The first kappa shape index (κ1) is 41.8. The minimum Gasteiger partial charge on any atom is -0.494 e. The molecule has 2 fully saturated rings. The van der Waals surface area contributed by atoms with Crippen molar-refractivity contribution >= 4 is 23.5 Å². The number of benzene rings is 1. The molecular weight excluding hydrogens is 673 g/mol. The van der Waals surface area contributed by atoms with Gasteiger partial charge in [0.25, 0.3) is 0 Å². The number of nitrogens with one attached hydrogen (secondary N) is 3. The SMILES string of the molecule is COCCOCCOCCOCCOCCOCCC(C)N1CCC(Nc2nc(Nc3ccc(OC)c(F)c3)nc(NC3CCCCCC3)n2)CC1. The topological polar surface area (TPSA) is 143 Å². The summed E-state index contributed by atoms with van der Waals surface area (Å²) in [6, 6.07) is 5.69. The maximum absolute atomic E-state index is 14.4. The second-order valence-electron chi connectivity index (χ2n) is 13.3. The van der Waals surface area contributed by atoms with E-state index in [4.69, 9.17) is 38.1 Å². The van der Waals surface area contributed by atoms with E-state index in [2.05, 4.69) is 37.7 Å². The molecule has 1 aromatic heterocycles. The predicted molar refractivity (Wildman–Crippen MR) is 199 cm³/mol. The molecule has 0 amide bonds. The second kappa shape index (κ2) is 25.2. The third-order valence-corrected chi connectivity index (χ3v) is 9.32. The molecule has 294 valence electrons. The molecular formula is C37H62FN7O7. The predicted octanol–water partition coefficient (Wildman–Crippen LogP) is 5.28. The Labute approximate surface area is 309 Å². The van der Waals surface area contributed by atoms with Gasteiger partial charge in [0.15, 0.2) is 11.6 Å². The molecule has 1 saturated heterocycles. The summed E-state index contributed by atoms with van der Waals surface area (Å²) in [6.07, 6.45) is 10.0. The Kier molecular flexibility index (Phi) is 20.2. The molecule has 14 nitrogen and oxygen atoms in total. The molecule has 1 unspecified atom stereocenters. The molecule has 0 bridgehead atoms. The zero-order valence-electron chi connectivity index (χ0n) is 31.5. The van der Waals surface area contributed by atoms with Crippen LogP contribution in [-0.4, -0.2) is 138 Å². The fourth-order valence-electron chi connectivity index (χ4n) is 6.27. The number of methoxy groups -OCH3 is 2. The number of ether oxygens (including phenoxy) is 7. The number of piperidine rings is 1. The van der Waals surface area contributed by atoms with Gasteiger partial charge in [0.1, 0.15) is 0 Å². The molecule has 2 aliphatic rings. The van der Waals surface area contributed by atoms with E-state index in [9.17, 15) is 4.39 Å². The van der Waals surface area contributed by atoms with E-state index in [1.54, 1.807) is 19.2 Å². The van der Waals surface area contributed by atoms with Gasteiger partial charge in [-0.25, -0.2) is 4.39 Å². The van der Waals surface area contributed by atoms with Gasteiger partial charge in [-0.3, -0.25) is 0 Å². The van der Waals surface area contributed by atoms with Gasteiger partial charge < -0.3 is 54.0 Å². The first-order valence-electron chi connectivity index (χ1n) is 19.1. The Bertz CT molecular complexity index is 1240. The average Bonchev–Trinajstić information content (AvgIpc) is 3.42. The smallest absolute Gasteiger partial charge is 0.233 e. The van der Waals surface area contributed by atoms with Crippen LogP contribution >= 0.6 is 0 Å². The summed E-state index contributed by atoms with van der Waals surface area (Å²) in [5, 5.41) is 10.3. The summed E-state index contributed by atoms with van der Waals surface area (Å²) in [5.41, 5.74) is 0.536. The number of rotatable bonds is 26. The van der Waals surface area contributed by atoms with Gasteiger partial charge in [0.2, 0.25) is 17.8 Å². The van der Waals surface area contributed by atoms with Crippen molar-refractivity contribution in [1.29, 1.82) is 0 Å². The van der Waals surface area contributed by atoms with Crippen LogP contribution in [0.15, 0.2) is 18.2 Å². The van der Waals surface area contributed by atoms with Gasteiger partial charge in [0.05, 0.1) is 73.2 Å². The summed E-state index contributed by atoms with van der Waals surface area (Å²) in [4.78, 5) is 16.6. The van der Waals surface area contributed by atoms with E-state index in [1.165, 1.54) is 38.9 Å². The summed E-state index contributed by atoms with van der Waals surface area (Å²) < 4.78 is 52.2. The highest BCUT2D eigenvalue weighted by molar-refractivity contribution is 5.57. The van der Waals surface area contributed by atoms with Crippen molar-refractivity contribution in [3.8, 4) is 5.75 Å². The van der Waals surface area contributed by atoms with E-state index in [0.717, 1.165) is 45.2 Å². The monoisotopic (exact) mass is 735 g/mol. The number of likely N-dealkylation sites (tertiary alicyclic amines) is 1. The van der Waals surface area contributed by atoms with Crippen LogP contribution in [0.3, 0.4) is 0 Å². The van der Waals surface area contributed by atoms with Gasteiger partial charge >= 0.3 is 0 Å². The molecule has 3 N–H and O–H groups in total. The highest BCUT2D eigenvalue weighted by Crippen LogP contribution is 2.25. The highest BCUT2D eigenvalue weighted by atomic mass is 19.1. The molecule has 2 aromatic rings. The molecule has 1 aliphatic carbocycles. The molecule has 1 saturated carbocycles. The van der Waals surface area contributed by atoms with Crippen molar-refractivity contribution in [2.75, 3.05) is 116 Å². The molecule has 1 aromatic carbocycles. The van der Waals surface area contributed by atoms with Crippen molar-refractivity contribution in [2.24, 2.45) is 0 Å². The van der Waals surface area contributed by atoms with Crippen molar-refractivity contribution in [3.63, 3.8) is 0 Å². The van der Waals surface area contributed by atoms with Gasteiger partial charge in [-0.15, -0.1) is 0 Å². The second-order valence-corrected chi connectivity index (χ2v) is 13.3. The van der Waals surface area contributed by atoms with Gasteiger partial charge in [-0.05, 0) is 51.2 Å². The maximum Gasteiger partial charge on any atom is 0.233 e. The summed E-state index contributed by atoms with van der Waals surface area (Å²) in [6.45, 7) is 10.4. The van der Waals surface area contributed by atoms with Crippen LogP contribution < -0.4 is 20.7 Å². The maximum atomic E-state index is 14.4. The molecule has 52 heavy (non-hydrogen) atoms. The summed E-state index contributed by atoms with van der Waals surface area (Å²) in [5.74, 6) is 1.14. The number of hydrogen-bond acceptors (Lipinski definition) is 14. The van der Waals surface area contributed by atoms with E-state index < -0.39 is 5.82 Å². The lowest BCUT2D eigenvalue weighted by Crippen LogP contribution is -2.44.